The average Bonchev–Trinajstić information content (AvgIpc) is 2.23. The van der Waals surface area contributed by atoms with Gasteiger partial charge in [-0.25, -0.2) is 0 Å². The number of hydrogen-bond acceptors (Lipinski definition) is 3. The Kier molecular flexibility index (Phi) is 6.90. The maximum Gasteiger partial charge on any atom is 0.306 e. The number of rotatable bonds is 8. The first-order chi connectivity index (χ1) is 8.12. The smallest absolute Gasteiger partial charge is 0.306 e. The van der Waals surface area contributed by atoms with Crippen molar-refractivity contribution in [1.29, 1.82) is 0 Å². The van der Waals surface area contributed by atoms with E-state index < -0.39 is 0 Å². The first-order valence-electron chi connectivity index (χ1n) is 6.87. The molecular weight excluding hydrogens is 226 g/mol. The zero-order valence-electron chi connectivity index (χ0n) is 13.3. The number of carbonyl (C=O) groups is 1. The van der Waals surface area contributed by atoms with Crippen molar-refractivity contribution in [3.05, 3.63) is 0 Å². The van der Waals surface area contributed by atoms with Gasteiger partial charge in [-0.3, -0.25) is 4.79 Å². The number of ether oxygens (including phenoxy) is 1. The van der Waals surface area contributed by atoms with Crippen molar-refractivity contribution in [1.82, 2.24) is 4.90 Å². The molecule has 0 aliphatic heterocycles. The number of carbonyl (C=O) groups excluding carboxylic acids is 1. The number of esters is 1. The van der Waals surface area contributed by atoms with Gasteiger partial charge < -0.3 is 9.64 Å². The molecule has 0 fully saturated rings. The molecular formula is C15H31NO2. The highest BCUT2D eigenvalue weighted by Crippen LogP contribution is 2.38. The molecule has 0 atom stereocenters. The van der Waals surface area contributed by atoms with Gasteiger partial charge in [-0.15, -0.1) is 0 Å². The minimum atomic E-state index is -0.110. The largest absolute Gasteiger partial charge is 0.469 e. The molecule has 0 saturated carbocycles. The van der Waals surface area contributed by atoms with Crippen molar-refractivity contribution >= 4 is 5.97 Å². The molecule has 0 radical (unpaired) electrons. The first kappa shape index (κ1) is 17.4. The summed E-state index contributed by atoms with van der Waals surface area (Å²) in [5, 5.41) is 0. The van der Waals surface area contributed by atoms with Gasteiger partial charge in [0.15, 0.2) is 0 Å². The van der Waals surface area contributed by atoms with Crippen LogP contribution in [0.25, 0.3) is 0 Å². The van der Waals surface area contributed by atoms with E-state index in [1.807, 2.05) is 0 Å². The third-order valence-corrected chi connectivity index (χ3v) is 3.52. The summed E-state index contributed by atoms with van der Waals surface area (Å²) in [6.45, 7) is 13.2. The molecule has 3 heteroatoms. The van der Waals surface area contributed by atoms with Gasteiger partial charge in [-0.2, -0.15) is 0 Å². The van der Waals surface area contributed by atoms with Crippen molar-refractivity contribution < 1.29 is 9.53 Å². The van der Waals surface area contributed by atoms with Gasteiger partial charge in [0, 0.05) is 0 Å². The summed E-state index contributed by atoms with van der Waals surface area (Å²) in [6.07, 6.45) is 2.69. The van der Waals surface area contributed by atoms with Crippen molar-refractivity contribution in [3.8, 4) is 0 Å². The second-order valence-electron chi connectivity index (χ2n) is 6.90. The fourth-order valence-corrected chi connectivity index (χ4v) is 2.56. The monoisotopic (exact) mass is 257 g/mol. The number of methoxy groups -OCH3 is 1. The van der Waals surface area contributed by atoms with Crippen LogP contribution in [0.15, 0.2) is 0 Å². The summed E-state index contributed by atoms with van der Waals surface area (Å²) in [5.74, 6) is -0.110. The Hall–Kier alpha value is -0.570. The van der Waals surface area contributed by atoms with Crippen molar-refractivity contribution in [2.45, 2.75) is 53.9 Å². The van der Waals surface area contributed by atoms with Crippen LogP contribution in [0.3, 0.4) is 0 Å². The van der Waals surface area contributed by atoms with Crippen LogP contribution in [0.2, 0.25) is 0 Å². The van der Waals surface area contributed by atoms with Crippen LogP contribution >= 0.6 is 0 Å². The van der Waals surface area contributed by atoms with Gasteiger partial charge in [-0.05, 0) is 43.8 Å². The summed E-state index contributed by atoms with van der Waals surface area (Å²) in [4.78, 5) is 13.7. The van der Waals surface area contributed by atoms with Crippen molar-refractivity contribution in [2.24, 2.45) is 10.8 Å². The van der Waals surface area contributed by atoms with Crippen LogP contribution in [-0.2, 0) is 9.53 Å². The lowest BCUT2D eigenvalue weighted by Crippen LogP contribution is -2.30. The third kappa shape index (κ3) is 7.70. The van der Waals surface area contributed by atoms with E-state index in [1.54, 1.807) is 0 Å². The van der Waals surface area contributed by atoms with Crippen LogP contribution in [0.4, 0.5) is 0 Å². The maximum atomic E-state index is 11.4. The third-order valence-electron chi connectivity index (χ3n) is 3.52. The Morgan fingerprint density at radius 1 is 1.17 bits per heavy atom. The van der Waals surface area contributed by atoms with E-state index in [9.17, 15) is 4.79 Å². The van der Waals surface area contributed by atoms with E-state index in [-0.39, 0.29) is 16.8 Å². The molecule has 0 unspecified atom stereocenters. The van der Waals surface area contributed by atoms with Gasteiger partial charge in [0.25, 0.3) is 0 Å². The molecule has 0 rings (SSSR count). The molecule has 0 aromatic rings. The topological polar surface area (TPSA) is 29.5 Å². The van der Waals surface area contributed by atoms with Gasteiger partial charge in [0.05, 0.1) is 13.5 Å². The normalized spacial score (nSPS) is 12.9. The standard InChI is InChI=1S/C15H31NO2/c1-8-16(6)10-9-14(2,3)12-15(4,5)11-13(17)18-7/h8-12H2,1-7H3. The van der Waals surface area contributed by atoms with E-state index in [4.69, 9.17) is 4.74 Å². The molecule has 0 N–H and O–H groups in total. The fourth-order valence-electron chi connectivity index (χ4n) is 2.56. The molecule has 0 bridgehead atoms. The van der Waals surface area contributed by atoms with Crippen LogP contribution in [0.1, 0.15) is 53.9 Å². The SMILES string of the molecule is CCN(C)CCC(C)(C)CC(C)(C)CC(=O)OC. The molecule has 0 aliphatic carbocycles. The summed E-state index contributed by atoms with van der Waals surface area (Å²) in [6, 6.07) is 0. The van der Waals surface area contributed by atoms with Gasteiger partial charge in [0.1, 0.15) is 0 Å². The van der Waals surface area contributed by atoms with Gasteiger partial charge in [-0.1, -0.05) is 34.6 Å². The molecule has 0 aliphatic rings. The number of nitrogens with zero attached hydrogens (tertiary/aromatic N) is 1. The van der Waals surface area contributed by atoms with E-state index in [0.717, 1.165) is 25.9 Å². The minimum absolute atomic E-state index is 0.00137. The molecule has 0 aromatic heterocycles. The van der Waals surface area contributed by atoms with Crippen LogP contribution in [0.5, 0.6) is 0 Å². The zero-order chi connectivity index (χ0) is 14.4. The summed E-state index contributed by atoms with van der Waals surface area (Å²) >= 11 is 0. The minimum Gasteiger partial charge on any atom is -0.469 e. The maximum absolute atomic E-state index is 11.4. The Balaban J connectivity index is 4.32. The summed E-state index contributed by atoms with van der Waals surface area (Å²) < 4.78 is 4.77. The zero-order valence-corrected chi connectivity index (χ0v) is 13.3. The second kappa shape index (κ2) is 7.13. The quantitative estimate of drug-likeness (QED) is 0.625. The Bertz CT molecular complexity index is 259. The van der Waals surface area contributed by atoms with Crippen molar-refractivity contribution in [3.63, 3.8) is 0 Å². The first-order valence-corrected chi connectivity index (χ1v) is 6.87. The summed E-state index contributed by atoms with van der Waals surface area (Å²) in [5.41, 5.74) is 0.252. The van der Waals surface area contributed by atoms with Gasteiger partial charge >= 0.3 is 5.97 Å². The highest BCUT2D eigenvalue weighted by molar-refractivity contribution is 5.69. The fraction of sp³-hybridized carbons (Fsp3) is 0.933. The predicted octanol–water partition coefficient (Wildman–Crippen LogP) is 3.33. The molecule has 0 saturated heterocycles. The van der Waals surface area contributed by atoms with Crippen LogP contribution in [-0.4, -0.2) is 38.1 Å². The molecule has 0 aromatic carbocycles. The molecule has 0 heterocycles. The van der Waals surface area contributed by atoms with Crippen LogP contribution in [0, 0.1) is 10.8 Å². The van der Waals surface area contributed by atoms with E-state index in [2.05, 4.69) is 46.6 Å². The summed E-state index contributed by atoms with van der Waals surface area (Å²) in [7, 11) is 3.61. The van der Waals surface area contributed by atoms with E-state index >= 15 is 0 Å². The predicted molar refractivity (Wildman–Crippen MR) is 76.6 cm³/mol. The highest BCUT2D eigenvalue weighted by Gasteiger charge is 2.30. The van der Waals surface area contributed by atoms with Gasteiger partial charge in [0.2, 0.25) is 0 Å². The van der Waals surface area contributed by atoms with E-state index in [0.29, 0.717) is 6.42 Å². The Morgan fingerprint density at radius 2 is 1.72 bits per heavy atom. The molecule has 18 heavy (non-hydrogen) atoms. The van der Waals surface area contributed by atoms with Crippen LogP contribution < -0.4 is 0 Å². The van der Waals surface area contributed by atoms with Crippen molar-refractivity contribution in [2.75, 3.05) is 27.2 Å². The average molecular weight is 257 g/mol. The second-order valence-corrected chi connectivity index (χ2v) is 6.90. The molecule has 108 valence electrons. The lowest BCUT2D eigenvalue weighted by Gasteiger charge is -2.35. The number of hydrogen-bond donors (Lipinski definition) is 0. The molecule has 0 amide bonds. The lowest BCUT2D eigenvalue weighted by molar-refractivity contribution is -0.143. The highest BCUT2D eigenvalue weighted by atomic mass is 16.5. The Labute approximate surface area is 113 Å². The lowest BCUT2D eigenvalue weighted by atomic mass is 9.72. The molecule has 0 spiro atoms. The molecule has 3 nitrogen and oxygen atoms in total. The Morgan fingerprint density at radius 3 is 2.17 bits per heavy atom. The van der Waals surface area contributed by atoms with E-state index in [1.165, 1.54) is 7.11 Å².